The van der Waals surface area contributed by atoms with Crippen molar-refractivity contribution in [3.63, 3.8) is 0 Å². The van der Waals surface area contributed by atoms with E-state index in [1.54, 1.807) is 14.2 Å². The number of hydrogen-bond acceptors (Lipinski definition) is 4. The van der Waals surface area contributed by atoms with Crippen LogP contribution in [0, 0.1) is 0 Å². The van der Waals surface area contributed by atoms with E-state index in [1.165, 1.54) is 0 Å². The molecule has 0 heterocycles. The molecule has 3 aromatic rings. The van der Waals surface area contributed by atoms with E-state index in [0.29, 0.717) is 23.9 Å². The van der Waals surface area contributed by atoms with Crippen molar-refractivity contribution >= 4 is 23.2 Å². The van der Waals surface area contributed by atoms with Crippen molar-refractivity contribution in [2.24, 2.45) is 0 Å². The van der Waals surface area contributed by atoms with Crippen molar-refractivity contribution in [2.75, 3.05) is 14.2 Å². The summed E-state index contributed by atoms with van der Waals surface area (Å²) in [6.07, 6.45) is 2.01. The van der Waals surface area contributed by atoms with Crippen molar-refractivity contribution in [1.29, 1.82) is 0 Å². The van der Waals surface area contributed by atoms with Gasteiger partial charge in [0.05, 0.1) is 20.6 Å². The van der Waals surface area contributed by atoms with Gasteiger partial charge >= 0.3 is 5.97 Å². The Hall–Kier alpha value is -3.99. The molecule has 0 spiro atoms. The monoisotopic (exact) mass is 442 g/mol. The summed E-state index contributed by atoms with van der Waals surface area (Å²) in [7, 11) is 3.23. The first-order chi connectivity index (χ1) is 16.0. The Morgan fingerprint density at radius 3 is 2.39 bits per heavy atom. The second kappa shape index (κ2) is 9.65. The van der Waals surface area contributed by atoms with Crippen molar-refractivity contribution in [3.8, 4) is 17.2 Å². The Kier molecular flexibility index (Phi) is 6.50. The molecule has 1 aliphatic carbocycles. The fourth-order valence-corrected chi connectivity index (χ4v) is 4.06. The molecule has 4 rings (SSSR count). The van der Waals surface area contributed by atoms with Crippen LogP contribution in [0.5, 0.6) is 17.2 Å². The number of fused-ring (bicyclic) bond motifs is 1. The van der Waals surface area contributed by atoms with Crippen molar-refractivity contribution in [2.45, 2.75) is 20.0 Å². The number of ether oxygens (including phenoxy) is 3. The van der Waals surface area contributed by atoms with Gasteiger partial charge in [-0.1, -0.05) is 42.5 Å². The highest BCUT2D eigenvalue weighted by molar-refractivity contribution is 6.07. The standard InChI is InChI=1S/C28H26O5/c1-18-23(22-11-10-21(31-2)15-25(22)24(18)16-28(29)30)13-20-9-12-26(27(14-20)32-3)33-17-19-7-5-4-6-8-19/h4-15H,16-17H2,1-3H3,(H,29,30)/b23-13-. The van der Waals surface area contributed by atoms with E-state index < -0.39 is 5.97 Å². The normalized spacial score (nSPS) is 13.7. The van der Waals surface area contributed by atoms with Crippen LogP contribution in [0.4, 0.5) is 0 Å². The van der Waals surface area contributed by atoms with Crippen LogP contribution in [0.25, 0.3) is 17.2 Å². The van der Waals surface area contributed by atoms with Gasteiger partial charge in [-0.3, -0.25) is 4.79 Å². The number of allylic oxidation sites excluding steroid dienone is 2. The first-order valence-corrected chi connectivity index (χ1v) is 10.7. The maximum atomic E-state index is 11.5. The molecule has 0 saturated carbocycles. The molecule has 1 aliphatic rings. The highest BCUT2D eigenvalue weighted by Crippen LogP contribution is 2.45. The van der Waals surface area contributed by atoms with Crippen LogP contribution in [-0.4, -0.2) is 25.3 Å². The van der Waals surface area contributed by atoms with Crippen LogP contribution in [0.15, 0.2) is 72.3 Å². The number of methoxy groups -OCH3 is 2. The van der Waals surface area contributed by atoms with Crippen molar-refractivity contribution < 1.29 is 24.1 Å². The Balaban J connectivity index is 1.68. The lowest BCUT2D eigenvalue weighted by atomic mass is 10.00. The minimum Gasteiger partial charge on any atom is -0.497 e. The van der Waals surface area contributed by atoms with Gasteiger partial charge in [0.2, 0.25) is 0 Å². The fraction of sp³-hybridized carbons (Fsp3) is 0.179. The average Bonchev–Trinajstić information content (AvgIpc) is 3.08. The second-order valence-electron chi connectivity index (χ2n) is 7.83. The SMILES string of the molecule is COc1ccc2c(c1)C(CC(=O)O)=C(C)/C2=C/c1ccc(OCc2ccccc2)c(OC)c1. The predicted octanol–water partition coefficient (Wildman–Crippen LogP) is 6.09. The molecule has 0 fully saturated rings. The third-order valence-electron chi connectivity index (χ3n) is 5.76. The maximum absolute atomic E-state index is 11.5. The van der Waals surface area contributed by atoms with Gasteiger partial charge in [-0.05, 0) is 76.2 Å². The first kappa shape index (κ1) is 22.2. The quantitative estimate of drug-likeness (QED) is 0.458. The molecule has 0 aromatic heterocycles. The summed E-state index contributed by atoms with van der Waals surface area (Å²) in [6.45, 7) is 2.42. The summed E-state index contributed by atoms with van der Waals surface area (Å²) in [5.74, 6) is 1.15. The molecule has 0 unspecified atom stereocenters. The van der Waals surface area contributed by atoms with E-state index in [0.717, 1.165) is 39.0 Å². The summed E-state index contributed by atoms with van der Waals surface area (Å²) in [5, 5.41) is 9.44. The Morgan fingerprint density at radius 1 is 0.909 bits per heavy atom. The van der Waals surface area contributed by atoms with Gasteiger partial charge in [-0.2, -0.15) is 0 Å². The molecule has 3 aromatic carbocycles. The highest BCUT2D eigenvalue weighted by atomic mass is 16.5. The molecule has 33 heavy (non-hydrogen) atoms. The molecule has 0 bridgehead atoms. The number of rotatable bonds is 8. The first-order valence-electron chi connectivity index (χ1n) is 10.7. The van der Waals surface area contributed by atoms with Crippen LogP contribution in [0.1, 0.15) is 35.6 Å². The van der Waals surface area contributed by atoms with Gasteiger partial charge < -0.3 is 19.3 Å². The maximum Gasteiger partial charge on any atom is 0.307 e. The van der Waals surface area contributed by atoms with Gasteiger partial charge in [-0.25, -0.2) is 0 Å². The summed E-state index contributed by atoms with van der Waals surface area (Å²) in [5.41, 5.74) is 6.65. The largest absolute Gasteiger partial charge is 0.497 e. The van der Waals surface area contributed by atoms with Crippen molar-refractivity contribution in [1.82, 2.24) is 0 Å². The number of aliphatic carboxylic acids is 1. The van der Waals surface area contributed by atoms with E-state index in [9.17, 15) is 9.90 Å². The molecule has 0 saturated heterocycles. The molecule has 0 aliphatic heterocycles. The highest BCUT2D eigenvalue weighted by Gasteiger charge is 2.25. The summed E-state index contributed by atoms with van der Waals surface area (Å²) < 4.78 is 16.9. The van der Waals surface area contributed by atoms with Crippen LogP contribution in [0.3, 0.4) is 0 Å². The summed E-state index contributed by atoms with van der Waals surface area (Å²) in [4.78, 5) is 11.5. The van der Waals surface area contributed by atoms with Crippen LogP contribution in [0.2, 0.25) is 0 Å². The van der Waals surface area contributed by atoms with E-state index in [1.807, 2.05) is 73.7 Å². The van der Waals surface area contributed by atoms with Gasteiger partial charge in [0.25, 0.3) is 0 Å². The Labute approximate surface area is 193 Å². The fourth-order valence-electron chi connectivity index (χ4n) is 4.06. The zero-order valence-corrected chi connectivity index (χ0v) is 18.9. The van der Waals surface area contributed by atoms with Gasteiger partial charge in [0.1, 0.15) is 12.4 Å². The lowest BCUT2D eigenvalue weighted by molar-refractivity contribution is -0.135. The summed E-state index contributed by atoms with van der Waals surface area (Å²) in [6, 6.07) is 21.5. The molecular weight excluding hydrogens is 416 g/mol. The van der Waals surface area contributed by atoms with Gasteiger partial charge in [0, 0.05) is 0 Å². The Bertz CT molecular complexity index is 1240. The molecule has 0 amide bonds. The van der Waals surface area contributed by atoms with E-state index in [4.69, 9.17) is 14.2 Å². The Morgan fingerprint density at radius 2 is 1.70 bits per heavy atom. The number of carboxylic acids is 1. The number of hydrogen-bond donors (Lipinski definition) is 1. The van der Waals surface area contributed by atoms with Crippen molar-refractivity contribution in [3.05, 3.63) is 94.6 Å². The molecule has 168 valence electrons. The van der Waals surface area contributed by atoms with E-state index in [-0.39, 0.29) is 6.42 Å². The molecule has 5 nitrogen and oxygen atoms in total. The third-order valence-corrected chi connectivity index (χ3v) is 5.76. The molecule has 0 radical (unpaired) electrons. The van der Waals surface area contributed by atoms with Gasteiger partial charge in [-0.15, -0.1) is 0 Å². The van der Waals surface area contributed by atoms with Crippen LogP contribution < -0.4 is 14.2 Å². The van der Waals surface area contributed by atoms with E-state index >= 15 is 0 Å². The smallest absolute Gasteiger partial charge is 0.307 e. The lowest BCUT2D eigenvalue weighted by Crippen LogP contribution is -1.97. The minimum atomic E-state index is -0.860. The number of carbonyl (C=O) groups is 1. The summed E-state index contributed by atoms with van der Waals surface area (Å²) >= 11 is 0. The second-order valence-corrected chi connectivity index (χ2v) is 7.83. The molecule has 5 heteroatoms. The topological polar surface area (TPSA) is 65.0 Å². The molecular formula is C28H26O5. The average molecular weight is 443 g/mol. The zero-order valence-electron chi connectivity index (χ0n) is 18.9. The predicted molar refractivity (Wildman–Crippen MR) is 129 cm³/mol. The number of benzene rings is 3. The minimum absolute atomic E-state index is 0.0427. The number of carboxylic acid groups (broad SMARTS) is 1. The van der Waals surface area contributed by atoms with E-state index in [2.05, 4.69) is 6.08 Å². The zero-order chi connectivity index (χ0) is 23.4. The van der Waals surface area contributed by atoms with Crippen LogP contribution in [-0.2, 0) is 11.4 Å². The van der Waals surface area contributed by atoms with Gasteiger partial charge in [0.15, 0.2) is 11.5 Å². The van der Waals surface area contributed by atoms with Crippen LogP contribution >= 0.6 is 0 Å². The molecule has 1 N–H and O–H groups in total. The molecule has 0 atom stereocenters. The third kappa shape index (κ3) is 4.77. The lowest BCUT2D eigenvalue weighted by Gasteiger charge is -2.12.